The van der Waals surface area contributed by atoms with Gasteiger partial charge in [-0.05, 0) is 38.0 Å². The Kier molecular flexibility index (Phi) is 15.9. The average Bonchev–Trinajstić information content (AvgIpc) is 3.00. The minimum Gasteiger partial charge on any atom is -0.463 e. The molecule has 0 aliphatic carbocycles. The summed E-state index contributed by atoms with van der Waals surface area (Å²) in [5, 5.41) is 2.40. The third-order valence-corrected chi connectivity index (χ3v) is 6.34. The van der Waals surface area contributed by atoms with Crippen molar-refractivity contribution in [2.75, 3.05) is 6.61 Å². The van der Waals surface area contributed by atoms with Crippen LogP contribution < -0.4 is 14.7 Å². The lowest BCUT2D eigenvalue weighted by Crippen LogP contribution is -2.63. The Balaban J connectivity index is 2.19. The number of hydrogen-bond donors (Lipinski definition) is 1. The molecular weight excluding hydrogens is 652 g/mol. The average molecular weight is 694 g/mol. The minimum atomic E-state index is -1.44. The molecule has 1 N–H and O–H groups in total. The number of alkyl carbamates (subject to hydrolysis) is 1. The van der Waals surface area contributed by atoms with Gasteiger partial charge in [-0.3, -0.25) is 24.0 Å². The van der Waals surface area contributed by atoms with Crippen LogP contribution in [-0.4, -0.2) is 104 Å². The van der Waals surface area contributed by atoms with Crippen LogP contribution in [0.25, 0.3) is 0 Å². The van der Waals surface area contributed by atoms with Crippen molar-refractivity contribution in [2.24, 2.45) is 0 Å². The lowest BCUT2D eigenvalue weighted by atomic mass is 9.98. The summed E-state index contributed by atoms with van der Waals surface area (Å²) in [6, 6.07) is 4.87. The summed E-state index contributed by atoms with van der Waals surface area (Å²) in [7, 11) is 0. The molecule has 268 valence electrons. The number of carbonyl (C=O) groups excluding carboxylic acids is 7. The second kappa shape index (κ2) is 19.5. The molecule has 0 saturated carbocycles. The van der Waals surface area contributed by atoms with Crippen LogP contribution >= 0.6 is 0 Å². The van der Waals surface area contributed by atoms with E-state index in [-0.39, 0.29) is 25.2 Å². The molecule has 2 rings (SSSR count). The molecule has 1 amide bonds. The first-order valence-corrected chi connectivity index (χ1v) is 15.1. The summed E-state index contributed by atoms with van der Waals surface area (Å²) in [4.78, 5) is 84.3. The predicted octanol–water partition coefficient (Wildman–Crippen LogP) is 0.883. The standard InChI is InChI=1S/C32H40N2O15/c1-17(2)44-30(40)25(13-10-23(39)14-33-7)34-32(41)43-15-22-8-11-24(12-9-22)48-31-29(47-21(6)38)28(46-20(5)37)27(45-19(4)36)26(49-31)16-42-18(3)35/h8-9,11-12,14,17,25-29,31H,7,10,13,15-16H2,1-6H3/p+1/t25-,26+,27+,28-,29+,31+/m0/s1. The molecule has 1 aliphatic rings. The molecule has 17 nitrogen and oxygen atoms in total. The van der Waals surface area contributed by atoms with E-state index in [1.165, 1.54) is 24.3 Å². The van der Waals surface area contributed by atoms with Crippen LogP contribution in [0.4, 0.5) is 4.79 Å². The second-order valence-corrected chi connectivity index (χ2v) is 10.9. The van der Waals surface area contributed by atoms with Crippen molar-refractivity contribution in [1.29, 1.82) is 0 Å². The molecule has 0 unspecified atom stereocenters. The third-order valence-electron chi connectivity index (χ3n) is 6.34. The van der Waals surface area contributed by atoms with E-state index in [1.54, 1.807) is 13.8 Å². The zero-order valence-corrected chi connectivity index (χ0v) is 28.0. The van der Waals surface area contributed by atoms with Crippen molar-refractivity contribution in [3.63, 3.8) is 0 Å². The van der Waals surface area contributed by atoms with Crippen molar-refractivity contribution >= 4 is 54.7 Å². The fraction of sp³-hybridized carbons (Fsp3) is 0.531. The van der Waals surface area contributed by atoms with Crippen LogP contribution in [0, 0.1) is 0 Å². The topological polar surface area (TPSA) is 219 Å². The van der Waals surface area contributed by atoms with Crippen molar-refractivity contribution in [2.45, 2.75) is 104 Å². The van der Waals surface area contributed by atoms with Gasteiger partial charge < -0.3 is 43.2 Å². The molecule has 0 bridgehead atoms. The van der Waals surface area contributed by atoms with E-state index in [1.807, 2.05) is 0 Å². The van der Waals surface area contributed by atoms with Crippen LogP contribution in [0.5, 0.6) is 5.75 Å². The van der Waals surface area contributed by atoms with Crippen molar-refractivity contribution in [3.8, 4) is 5.75 Å². The van der Waals surface area contributed by atoms with Gasteiger partial charge in [0.25, 0.3) is 6.72 Å². The van der Waals surface area contributed by atoms with Gasteiger partial charge in [0.2, 0.25) is 18.2 Å². The van der Waals surface area contributed by atoms with Gasteiger partial charge in [-0.2, -0.15) is 0 Å². The monoisotopic (exact) mass is 693 g/mol. The minimum absolute atomic E-state index is 0.0587. The van der Waals surface area contributed by atoms with Gasteiger partial charge in [0.15, 0.2) is 12.2 Å². The summed E-state index contributed by atoms with van der Waals surface area (Å²) in [6.07, 6.45) is -7.37. The Morgan fingerprint density at radius 2 is 1.45 bits per heavy atom. The summed E-state index contributed by atoms with van der Waals surface area (Å²) < 4.78 is 46.8. The number of hydrogen-bond acceptors (Lipinski definition) is 15. The Bertz CT molecular complexity index is 1400. The summed E-state index contributed by atoms with van der Waals surface area (Å²) in [5.74, 6) is -3.98. The number of rotatable bonds is 16. The van der Waals surface area contributed by atoms with Gasteiger partial charge in [0.1, 0.15) is 31.1 Å². The first kappa shape index (κ1) is 39.9. The number of ketones is 1. The largest absolute Gasteiger partial charge is 0.463 e. The van der Waals surface area contributed by atoms with E-state index in [9.17, 15) is 33.6 Å². The van der Waals surface area contributed by atoms with Gasteiger partial charge in [0.05, 0.1) is 6.10 Å². The normalized spacial score (nSPS) is 20.3. The maximum Gasteiger partial charge on any atom is 0.408 e. The van der Waals surface area contributed by atoms with E-state index in [0.717, 1.165) is 33.9 Å². The van der Waals surface area contributed by atoms with Crippen LogP contribution in [0.2, 0.25) is 0 Å². The van der Waals surface area contributed by atoms with E-state index >= 15 is 0 Å². The lowest BCUT2D eigenvalue weighted by Gasteiger charge is -2.43. The lowest BCUT2D eigenvalue weighted by molar-refractivity contribution is -0.288. The molecule has 0 radical (unpaired) electrons. The highest BCUT2D eigenvalue weighted by atomic mass is 16.7. The fourth-order valence-electron chi connectivity index (χ4n) is 4.43. The van der Waals surface area contributed by atoms with Crippen molar-refractivity contribution < 1.29 is 71.5 Å². The molecule has 1 aromatic carbocycles. The Labute approximate surface area is 282 Å². The molecule has 1 aliphatic heterocycles. The fourth-order valence-corrected chi connectivity index (χ4v) is 4.43. The van der Waals surface area contributed by atoms with E-state index in [4.69, 9.17) is 37.9 Å². The Hall–Kier alpha value is -5.28. The van der Waals surface area contributed by atoms with Crippen LogP contribution in [-0.2, 0) is 68.5 Å². The summed E-state index contributed by atoms with van der Waals surface area (Å²) in [5.41, 5.74) is 0.493. The number of Topliss-reactive ketones (excluding diaryl/α,β-unsaturated/α-hetero) is 1. The first-order valence-electron chi connectivity index (χ1n) is 15.1. The highest BCUT2D eigenvalue weighted by Crippen LogP contribution is 2.31. The maximum absolute atomic E-state index is 12.5. The highest BCUT2D eigenvalue weighted by molar-refractivity contribution is 6.27. The number of benzene rings is 1. The van der Waals surface area contributed by atoms with Crippen LogP contribution in [0.15, 0.2) is 24.3 Å². The number of nitrogens with zero attached hydrogens (tertiary/aromatic N) is 1. The van der Waals surface area contributed by atoms with Crippen LogP contribution in [0.1, 0.15) is 59.9 Å². The van der Waals surface area contributed by atoms with Crippen molar-refractivity contribution in [3.05, 3.63) is 29.8 Å². The number of carbonyl (C=O) groups is 7. The van der Waals surface area contributed by atoms with Gasteiger partial charge in [-0.1, -0.05) is 12.1 Å². The van der Waals surface area contributed by atoms with Gasteiger partial charge >= 0.3 is 42.2 Å². The van der Waals surface area contributed by atoms with Crippen LogP contribution in [0.3, 0.4) is 0 Å². The summed E-state index contributed by atoms with van der Waals surface area (Å²) in [6.45, 7) is 10.3. The SMILES string of the molecule is C=[N+]=CC(=O)CC[C@H](NC(=O)OCc1ccc(O[C@@H]2O[C@H](COC(C)=O)[C@@H](OC(C)=O)[C@H](OC(C)=O)[C@H]2OC(C)=O)cc1)C(=O)OC(C)C. The quantitative estimate of drug-likeness (QED) is 0.110. The molecule has 1 saturated heterocycles. The zero-order chi connectivity index (χ0) is 36.7. The van der Waals surface area contributed by atoms with E-state index in [2.05, 4.69) is 16.7 Å². The van der Waals surface area contributed by atoms with Gasteiger partial charge in [0, 0.05) is 34.1 Å². The molecule has 6 atom stereocenters. The Morgan fingerprint density at radius 1 is 0.857 bits per heavy atom. The zero-order valence-electron chi connectivity index (χ0n) is 28.0. The molecule has 49 heavy (non-hydrogen) atoms. The van der Waals surface area contributed by atoms with Gasteiger partial charge in [-0.15, -0.1) is 4.67 Å². The highest BCUT2D eigenvalue weighted by Gasteiger charge is 2.53. The number of esters is 5. The molecule has 1 heterocycles. The molecule has 17 heteroatoms. The molecule has 1 fully saturated rings. The second-order valence-electron chi connectivity index (χ2n) is 10.9. The summed E-state index contributed by atoms with van der Waals surface area (Å²) >= 11 is 0. The smallest absolute Gasteiger partial charge is 0.408 e. The van der Waals surface area contributed by atoms with E-state index < -0.39 is 91.2 Å². The maximum atomic E-state index is 12.5. The predicted molar refractivity (Wildman–Crippen MR) is 167 cm³/mol. The molecule has 0 aromatic heterocycles. The molecular formula is C32H41N2O15+. The first-order chi connectivity index (χ1) is 23.1. The third kappa shape index (κ3) is 14.2. The van der Waals surface area contributed by atoms with E-state index in [0.29, 0.717) is 5.56 Å². The molecule has 0 spiro atoms. The number of nitrogens with one attached hydrogen (secondary N) is 1. The number of ether oxygens (including phenoxy) is 8. The van der Waals surface area contributed by atoms with Crippen molar-refractivity contribution in [1.82, 2.24) is 9.98 Å². The van der Waals surface area contributed by atoms with Gasteiger partial charge in [-0.25, -0.2) is 9.59 Å². The number of amides is 1. The Morgan fingerprint density at radius 3 is 2.00 bits per heavy atom. The molecule has 1 aromatic rings.